The molecule has 1 saturated carbocycles. The van der Waals surface area contributed by atoms with Crippen molar-refractivity contribution >= 4 is 29.1 Å². The summed E-state index contributed by atoms with van der Waals surface area (Å²) < 4.78 is 5.56. The molecule has 0 N–H and O–H groups in total. The number of halogens is 1. The summed E-state index contributed by atoms with van der Waals surface area (Å²) in [5.74, 6) is -3.40. The highest BCUT2D eigenvalue weighted by Gasteiger charge is 2.57. The molecule has 1 unspecified atom stereocenters. The largest absolute Gasteiger partial charge is 0.461 e. The van der Waals surface area contributed by atoms with E-state index in [2.05, 4.69) is 4.98 Å². The molecule has 1 aromatic heterocycles. The topological polar surface area (TPSA) is 73.3 Å². The van der Waals surface area contributed by atoms with Crippen LogP contribution in [0, 0.1) is 17.8 Å². The van der Waals surface area contributed by atoms with E-state index in [1.54, 1.807) is 18.3 Å². The van der Waals surface area contributed by atoms with E-state index in [0.29, 0.717) is 11.6 Å². The van der Waals surface area contributed by atoms with Crippen molar-refractivity contribution in [3.05, 3.63) is 101 Å². The summed E-state index contributed by atoms with van der Waals surface area (Å²) in [5, 5.41) is 0.316. The number of hydrogen-bond acceptors (Lipinski definition) is 5. The summed E-state index contributed by atoms with van der Waals surface area (Å²) in [6.45, 7) is 2.05. The Morgan fingerprint density at radius 2 is 1.68 bits per heavy atom. The first-order valence-electron chi connectivity index (χ1n) is 11.4. The minimum absolute atomic E-state index is 0.0551. The van der Waals surface area contributed by atoms with Gasteiger partial charge in [0.15, 0.2) is 0 Å². The highest BCUT2D eigenvalue weighted by Crippen LogP contribution is 2.42. The van der Waals surface area contributed by atoms with E-state index in [-0.39, 0.29) is 30.5 Å². The molecule has 34 heavy (non-hydrogen) atoms. The van der Waals surface area contributed by atoms with Gasteiger partial charge in [0.2, 0.25) is 0 Å². The third-order valence-corrected chi connectivity index (χ3v) is 6.64. The lowest BCUT2D eigenvalue weighted by Crippen LogP contribution is -2.56. The lowest BCUT2D eigenvalue weighted by molar-refractivity contribution is -0.171. The number of ether oxygens (including phenoxy) is 1. The zero-order chi connectivity index (χ0) is 24.1. The zero-order valence-corrected chi connectivity index (χ0v) is 19.7. The predicted octanol–water partition coefficient (Wildman–Crippen LogP) is 5.22. The molecule has 0 saturated heterocycles. The fraction of sp³-hybridized carbons (Fsp3) is 0.286. The van der Waals surface area contributed by atoms with Crippen molar-refractivity contribution in [2.45, 2.75) is 32.3 Å². The van der Waals surface area contributed by atoms with Crippen molar-refractivity contribution in [3.63, 3.8) is 0 Å². The first-order valence-corrected chi connectivity index (χ1v) is 11.7. The molecule has 0 bridgehead atoms. The number of nitrogens with zero attached hydrogens (tertiary/aromatic N) is 1. The van der Waals surface area contributed by atoms with Crippen LogP contribution in [0.4, 0.5) is 0 Å². The summed E-state index contributed by atoms with van der Waals surface area (Å²) in [4.78, 5) is 43.4. The molecular formula is C28H26ClNO4. The fourth-order valence-corrected chi connectivity index (χ4v) is 4.76. The van der Waals surface area contributed by atoms with Gasteiger partial charge in [-0.25, -0.2) is 4.98 Å². The molecule has 2 aromatic carbocycles. The molecule has 1 aliphatic rings. The number of rotatable bonds is 9. The number of benzene rings is 2. The molecule has 174 valence electrons. The van der Waals surface area contributed by atoms with Gasteiger partial charge in [-0.2, -0.15) is 0 Å². The molecule has 4 atom stereocenters. The molecular weight excluding hydrogens is 450 g/mol. The molecule has 1 fully saturated rings. The average molecular weight is 476 g/mol. The van der Waals surface area contributed by atoms with Crippen LogP contribution in [-0.2, 0) is 32.1 Å². The normalized spacial score (nSPS) is 20.3. The molecule has 5 nitrogen and oxygen atoms in total. The average Bonchev–Trinajstić information content (AvgIpc) is 2.85. The Morgan fingerprint density at radius 3 is 2.35 bits per heavy atom. The zero-order valence-electron chi connectivity index (χ0n) is 18.9. The van der Waals surface area contributed by atoms with Crippen LogP contribution in [-0.4, -0.2) is 22.5 Å². The highest BCUT2D eigenvalue weighted by molar-refractivity contribution is 6.29. The van der Waals surface area contributed by atoms with Crippen LogP contribution in [0.2, 0.25) is 5.15 Å². The molecule has 0 spiro atoms. The number of pyridine rings is 1. The maximum absolute atomic E-state index is 13.2. The maximum atomic E-state index is 13.2. The molecule has 0 amide bonds. The molecule has 3 aromatic rings. The number of ketones is 2. The van der Waals surface area contributed by atoms with Gasteiger partial charge < -0.3 is 4.74 Å². The van der Waals surface area contributed by atoms with Crippen molar-refractivity contribution in [3.8, 4) is 0 Å². The number of carbonyl (C=O) groups excluding carboxylic acids is 3. The van der Waals surface area contributed by atoms with E-state index in [1.165, 1.54) is 0 Å². The van der Waals surface area contributed by atoms with Crippen LogP contribution < -0.4 is 0 Å². The van der Waals surface area contributed by atoms with Crippen LogP contribution >= 0.6 is 11.6 Å². The van der Waals surface area contributed by atoms with E-state index in [0.717, 1.165) is 16.7 Å². The van der Waals surface area contributed by atoms with Gasteiger partial charge >= 0.3 is 5.97 Å². The van der Waals surface area contributed by atoms with Gasteiger partial charge in [-0.05, 0) is 41.2 Å². The Morgan fingerprint density at radius 1 is 1.00 bits per heavy atom. The number of Topliss-reactive ketones (excluding diaryl/α,β-unsaturated/α-hetero) is 2. The van der Waals surface area contributed by atoms with Crippen molar-refractivity contribution < 1.29 is 19.1 Å². The van der Waals surface area contributed by atoms with Crippen LogP contribution in [0.5, 0.6) is 0 Å². The molecule has 0 aliphatic heterocycles. The van der Waals surface area contributed by atoms with Gasteiger partial charge in [0.05, 0.1) is 11.8 Å². The van der Waals surface area contributed by atoms with Crippen LogP contribution in [0.1, 0.15) is 36.0 Å². The summed E-state index contributed by atoms with van der Waals surface area (Å²) in [6.07, 6.45) is 2.06. The summed E-state index contributed by atoms with van der Waals surface area (Å²) in [6, 6.07) is 22.5. The second-order valence-corrected chi connectivity index (χ2v) is 9.17. The number of carbonyl (C=O) groups is 3. The summed E-state index contributed by atoms with van der Waals surface area (Å²) in [7, 11) is 0. The van der Waals surface area contributed by atoms with Crippen LogP contribution in [0.15, 0.2) is 79.0 Å². The van der Waals surface area contributed by atoms with Gasteiger partial charge in [0.25, 0.3) is 0 Å². The van der Waals surface area contributed by atoms with E-state index in [9.17, 15) is 14.4 Å². The predicted molar refractivity (Wildman–Crippen MR) is 129 cm³/mol. The number of esters is 1. The Hall–Kier alpha value is -3.31. The Kier molecular flexibility index (Phi) is 7.53. The molecule has 4 rings (SSSR count). The monoisotopic (exact) mass is 475 g/mol. The SMILES string of the molecule is C[C@@H](CC(=O)C1C(=O)[C@H](Cc2ccnc(Cl)c2)[C@H]1C(=O)OCc1ccccc1)c1ccccc1. The van der Waals surface area contributed by atoms with Gasteiger partial charge in [0, 0.05) is 18.5 Å². The molecule has 0 radical (unpaired) electrons. The summed E-state index contributed by atoms with van der Waals surface area (Å²) in [5.41, 5.74) is 2.66. The molecule has 1 aliphatic carbocycles. The lowest BCUT2D eigenvalue weighted by atomic mass is 9.59. The van der Waals surface area contributed by atoms with Crippen molar-refractivity contribution in [2.24, 2.45) is 17.8 Å². The second kappa shape index (κ2) is 10.7. The fourth-order valence-electron chi connectivity index (χ4n) is 4.56. The van der Waals surface area contributed by atoms with E-state index < -0.39 is 23.7 Å². The Bertz CT molecular complexity index is 1170. The van der Waals surface area contributed by atoms with Gasteiger partial charge in [-0.15, -0.1) is 0 Å². The maximum Gasteiger partial charge on any atom is 0.311 e. The quantitative estimate of drug-likeness (QED) is 0.241. The van der Waals surface area contributed by atoms with E-state index in [1.807, 2.05) is 67.6 Å². The minimum Gasteiger partial charge on any atom is -0.461 e. The van der Waals surface area contributed by atoms with Crippen LogP contribution in [0.3, 0.4) is 0 Å². The Labute approximate surface area is 204 Å². The van der Waals surface area contributed by atoms with Crippen molar-refractivity contribution in [2.75, 3.05) is 0 Å². The van der Waals surface area contributed by atoms with E-state index in [4.69, 9.17) is 16.3 Å². The molecule has 1 heterocycles. The third-order valence-electron chi connectivity index (χ3n) is 6.43. The smallest absolute Gasteiger partial charge is 0.311 e. The van der Waals surface area contributed by atoms with Gasteiger partial charge in [-0.3, -0.25) is 14.4 Å². The Balaban J connectivity index is 1.50. The first kappa shape index (κ1) is 23.8. The standard InChI is InChI=1S/C28H26ClNO4/c1-18(21-10-6-3-7-11-21)14-23(31)26-25(28(33)34-17-19-8-4-2-5-9-19)22(27(26)32)15-20-12-13-30-24(29)16-20/h2-13,16,18,22,25-26H,14-15,17H2,1H3/t18-,22+,25+,26?/m0/s1. The van der Waals surface area contributed by atoms with Crippen LogP contribution in [0.25, 0.3) is 0 Å². The van der Waals surface area contributed by atoms with E-state index >= 15 is 0 Å². The lowest BCUT2D eigenvalue weighted by Gasteiger charge is -2.40. The van der Waals surface area contributed by atoms with Gasteiger partial charge in [-0.1, -0.05) is 79.2 Å². The number of hydrogen-bond donors (Lipinski definition) is 0. The minimum atomic E-state index is -0.975. The second-order valence-electron chi connectivity index (χ2n) is 8.78. The van der Waals surface area contributed by atoms with Gasteiger partial charge in [0.1, 0.15) is 23.3 Å². The highest BCUT2D eigenvalue weighted by atomic mass is 35.5. The summed E-state index contributed by atoms with van der Waals surface area (Å²) >= 11 is 6.00. The van der Waals surface area contributed by atoms with Crippen molar-refractivity contribution in [1.82, 2.24) is 4.98 Å². The number of aromatic nitrogens is 1. The third kappa shape index (κ3) is 5.42. The van der Waals surface area contributed by atoms with Crippen molar-refractivity contribution in [1.29, 1.82) is 0 Å². The molecule has 6 heteroatoms. The first-order chi connectivity index (χ1) is 16.4.